The third kappa shape index (κ3) is 2.08. The summed E-state index contributed by atoms with van der Waals surface area (Å²) < 4.78 is 38.7. The number of aliphatic hydroxyl groups is 1. The van der Waals surface area contributed by atoms with Crippen LogP contribution in [0, 0.1) is 0 Å². The van der Waals surface area contributed by atoms with Gasteiger partial charge in [-0.3, -0.25) is 0 Å². The van der Waals surface area contributed by atoms with Gasteiger partial charge in [0.2, 0.25) is 0 Å². The van der Waals surface area contributed by atoms with Gasteiger partial charge in [-0.1, -0.05) is 29.8 Å². The van der Waals surface area contributed by atoms with Crippen molar-refractivity contribution < 1.29 is 18.3 Å². The van der Waals surface area contributed by atoms with Gasteiger partial charge in [-0.25, -0.2) is 0 Å². The van der Waals surface area contributed by atoms with E-state index < -0.39 is 18.2 Å². The Labute approximate surface area is 96.2 Å². The van der Waals surface area contributed by atoms with E-state index in [0.717, 1.165) is 0 Å². The molecule has 0 bridgehead atoms. The van der Waals surface area contributed by atoms with Gasteiger partial charge in [0.25, 0.3) is 0 Å². The first-order valence-corrected chi connectivity index (χ1v) is 4.82. The number of rotatable bonds is 3. The minimum Gasteiger partial charge on any atom is -0.395 e. The van der Waals surface area contributed by atoms with Crippen LogP contribution in [0.2, 0.25) is 5.02 Å². The second-order valence-corrected chi connectivity index (χ2v) is 3.77. The van der Waals surface area contributed by atoms with E-state index in [-0.39, 0.29) is 5.56 Å². The predicted molar refractivity (Wildman–Crippen MR) is 56.5 cm³/mol. The summed E-state index contributed by atoms with van der Waals surface area (Å²) in [4.78, 5) is 0. The molecule has 1 aromatic carbocycles. The van der Waals surface area contributed by atoms with Crippen LogP contribution in [-0.4, -0.2) is 17.9 Å². The van der Waals surface area contributed by atoms with E-state index in [1.807, 2.05) is 0 Å². The normalized spacial score (nSPS) is 15.6. The maximum atomic E-state index is 12.9. The molecular formula is C11H10ClF3O. The lowest BCUT2D eigenvalue weighted by Crippen LogP contribution is -2.43. The quantitative estimate of drug-likeness (QED) is 0.816. The molecule has 0 spiro atoms. The van der Waals surface area contributed by atoms with E-state index in [0.29, 0.717) is 11.1 Å². The molecule has 16 heavy (non-hydrogen) atoms. The molecule has 0 heterocycles. The Hall–Kier alpha value is -1.00. The third-order valence-corrected chi connectivity index (χ3v) is 2.72. The van der Waals surface area contributed by atoms with Crippen molar-refractivity contribution in [2.45, 2.75) is 11.6 Å². The molecular weight excluding hydrogens is 241 g/mol. The second-order valence-electron chi connectivity index (χ2n) is 3.34. The van der Waals surface area contributed by atoms with Crippen molar-refractivity contribution >= 4 is 11.6 Å². The molecule has 1 aromatic rings. The average Bonchev–Trinajstić information content (AvgIpc) is 2.21. The third-order valence-electron chi connectivity index (χ3n) is 2.46. The summed E-state index contributed by atoms with van der Waals surface area (Å²) in [6.45, 7) is 2.07. The predicted octanol–water partition coefficient (Wildman–Crippen LogP) is 3.32. The summed E-state index contributed by atoms with van der Waals surface area (Å²) in [5.41, 5.74) is -2.51. The van der Waals surface area contributed by atoms with E-state index in [1.165, 1.54) is 24.3 Å². The van der Waals surface area contributed by atoms with E-state index in [2.05, 4.69) is 6.58 Å². The Morgan fingerprint density at radius 2 is 1.75 bits per heavy atom. The van der Waals surface area contributed by atoms with Crippen molar-refractivity contribution in [3.8, 4) is 0 Å². The van der Waals surface area contributed by atoms with Gasteiger partial charge in [-0.2, -0.15) is 13.2 Å². The van der Waals surface area contributed by atoms with Crippen LogP contribution in [0.5, 0.6) is 0 Å². The van der Waals surface area contributed by atoms with Gasteiger partial charge in [0.15, 0.2) is 0 Å². The van der Waals surface area contributed by atoms with Crippen LogP contribution in [0.25, 0.3) is 0 Å². The van der Waals surface area contributed by atoms with E-state index in [1.54, 1.807) is 0 Å². The van der Waals surface area contributed by atoms with E-state index >= 15 is 0 Å². The zero-order valence-electron chi connectivity index (χ0n) is 8.26. The van der Waals surface area contributed by atoms with Crippen molar-refractivity contribution in [2.75, 3.05) is 6.61 Å². The van der Waals surface area contributed by atoms with Gasteiger partial charge in [-0.05, 0) is 17.7 Å². The van der Waals surface area contributed by atoms with Gasteiger partial charge in [0, 0.05) is 5.02 Å². The summed E-state index contributed by atoms with van der Waals surface area (Å²) in [7, 11) is 0. The van der Waals surface area contributed by atoms with Gasteiger partial charge in [0.05, 0.1) is 6.61 Å². The van der Waals surface area contributed by atoms with Crippen molar-refractivity contribution in [1.29, 1.82) is 0 Å². The van der Waals surface area contributed by atoms with Crippen LogP contribution in [-0.2, 0) is 5.41 Å². The minimum absolute atomic E-state index is 0.0816. The first-order chi connectivity index (χ1) is 7.37. The summed E-state index contributed by atoms with van der Waals surface area (Å²) in [5, 5.41) is 9.35. The summed E-state index contributed by atoms with van der Waals surface area (Å²) in [6.07, 6.45) is -3.90. The van der Waals surface area contributed by atoms with Gasteiger partial charge in [-0.15, -0.1) is 6.58 Å². The fourth-order valence-electron chi connectivity index (χ4n) is 1.39. The van der Waals surface area contributed by atoms with Gasteiger partial charge >= 0.3 is 6.18 Å². The lowest BCUT2D eigenvalue weighted by molar-refractivity contribution is -0.185. The average molecular weight is 251 g/mol. The minimum atomic E-state index is -4.60. The molecule has 5 heteroatoms. The summed E-state index contributed by atoms with van der Waals surface area (Å²) in [5.74, 6) is 0. The van der Waals surface area contributed by atoms with Crippen LogP contribution in [0.3, 0.4) is 0 Å². The molecule has 0 aliphatic heterocycles. The van der Waals surface area contributed by atoms with E-state index in [9.17, 15) is 13.2 Å². The van der Waals surface area contributed by atoms with Crippen molar-refractivity contribution in [3.63, 3.8) is 0 Å². The highest BCUT2D eigenvalue weighted by atomic mass is 35.5. The number of hydrogen-bond donors (Lipinski definition) is 1. The molecule has 0 saturated heterocycles. The zero-order valence-corrected chi connectivity index (χ0v) is 9.02. The lowest BCUT2D eigenvalue weighted by atomic mass is 9.80. The Morgan fingerprint density at radius 1 is 1.25 bits per heavy atom. The lowest BCUT2D eigenvalue weighted by Gasteiger charge is -2.31. The molecule has 0 aliphatic rings. The first kappa shape index (κ1) is 13.1. The van der Waals surface area contributed by atoms with Gasteiger partial charge in [0.1, 0.15) is 5.41 Å². The molecule has 1 unspecified atom stereocenters. The molecule has 1 atom stereocenters. The smallest absolute Gasteiger partial charge is 0.395 e. The second kappa shape index (κ2) is 4.47. The topological polar surface area (TPSA) is 20.2 Å². The molecule has 88 valence electrons. The number of benzene rings is 1. The number of hydrogen-bond acceptors (Lipinski definition) is 1. The van der Waals surface area contributed by atoms with Crippen LogP contribution >= 0.6 is 11.6 Å². The highest BCUT2D eigenvalue weighted by Crippen LogP contribution is 2.42. The summed E-state index contributed by atoms with van der Waals surface area (Å²) >= 11 is 5.59. The standard InChI is InChI=1S/C11H10ClF3O/c1-2-10(7-16,11(13,14)15)8-3-5-9(12)6-4-8/h2-6,16H,1,7H2. The number of halogens is 4. The molecule has 0 aromatic heterocycles. The number of aliphatic hydroxyl groups excluding tert-OH is 1. The van der Waals surface area contributed by atoms with Crippen molar-refractivity contribution in [2.24, 2.45) is 0 Å². The largest absolute Gasteiger partial charge is 0.404 e. The van der Waals surface area contributed by atoms with Crippen LogP contribution in [0.1, 0.15) is 5.56 Å². The summed E-state index contributed by atoms with van der Waals surface area (Å²) in [6, 6.07) is 5.15. The highest BCUT2D eigenvalue weighted by molar-refractivity contribution is 6.30. The Bertz CT molecular complexity index is 372. The highest BCUT2D eigenvalue weighted by Gasteiger charge is 2.53. The molecule has 0 amide bonds. The Balaban J connectivity index is 3.32. The fraction of sp³-hybridized carbons (Fsp3) is 0.273. The molecule has 0 radical (unpaired) electrons. The Kier molecular flexibility index (Phi) is 3.65. The van der Waals surface area contributed by atoms with Crippen LogP contribution in [0.4, 0.5) is 13.2 Å². The maximum absolute atomic E-state index is 12.9. The van der Waals surface area contributed by atoms with Crippen molar-refractivity contribution in [1.82, 2.24) is 0 Å². The number of alkyl halides is 3. The molecule has 1 nitrogen and oxygen atoms in total. The van der Waals surface area contributed by atoms with Crippen LogP contribution < -0.4 is 0 Å². The SMILES string of the molecule is C=CC(CO)(c1ccc(Cl)cc1)C(F)(F)F. The zero-order chi connectivity index (χ0) is 12.4. The molecule has 1 rings (SSSR count). The van der Waals surface area contributed by atoms with Crippen molar-refractivity contribution in [3.05, 3.63) is 47.5 Å². The fourth-order valence-corrected chi connectivity index (χ4v) is 1.52. The van der Waals surface area contributed by atoms with Gasteiger partial charge < -0.3 is 5.11 Å². The maximum Gasteiger partial charge on any atom is 0.404 e. The molecule has 0 fully saturated rings. The first-order valence-electron chi connectivity index (χ1n) is 4.44. The molecule has 0 aliphatic carbocycles. The van der Waals surface area contributed by atoms with E-state index in [4.69, 9.17) is 16.7 Å². The molecule has 1 N–H and O–H groups in total. The Morgan fingerprint density at radius 3 is 2.06 bits per heavy atom. The molecule has 0 saturated carbocycles. The monoisotopic (exact) mass is 250 g/mol. The van der Waals surface area contributed by atoms with Crippen LogP contribution in [0.15, 0.2) is 36.9 Å².